The van der Waals surface area contributed by atoms with Crippen molar-refractivity contribution in [2.45, 2.75) is 0 Å². The number of nitrogens with zero attached hydrogens (tertiary/aromatic N) is 2. The second kappa shape index (κ2) is 5.83. The number of nitrogens with two attached hydrogens (primary N) is 1. The number of primary amides is 1. The van der Waals surface area contributed by atoms with E-state index in [0.29, 0.717) is 19.1 Å². The molecule has 0 saturated carbocycles. The molecular formula is C11H15N3O3S. The molecule has 1 fully saturated rings. The van der Waals surface area contributed by atoms with Crippen LogP contribution >= 0.6 is 11.3 Å². The van der Waals surface area contributed by atoms with Crippen molar-refractivity contribution in [2.75, 3.05) is 38.3 Å². The van der Waals surface area contributed by atoms with Gasteiger partial charge in [-0.05, 0) is 6.08 Å². The van der Waals surface area contributed by atoms with Gasteiger partial charge in [0.2, 0.25) is 11.8 Å². The first-order valence-corrected chi connectivity index (χ1v) is 6.37. The average molecular weight is 269 g/mol. The van der Waals surface area contributed by atoms with Gasteiger partial charge >= 0.3 is 0 Å². The number of aromatic nitrogens is 1. The van der Waals surface area contributed by atoms with E-state index >= 15 is 0 Å². The number of hydrogen-bond donors (Lipinski definition) is 1. The van der Waals surface area contributed by atoms with Crippen LogP contribution in [-0.4, -0.2) is 44.3 Å². The van der Waals surface area contributed by atoms with E-state index in [4.69, 9.17) is 15.2 Å². The number of anilines is 1. The maximum absolute atomic E-state index is 10.7. The van der Waals surface area contributed by atoms with Crippen molar-refractivity contribution in [1.82, 2.24) is 4.98 Å². The molecule has 98 valence electrons. The first-order chi connectivity index (χ1) is 8.70. The van der Waals surface area contributed by atoms with Crippen molar-refractivity contribution in [3.05, 3.63) is 11.0 Å². The SMILES string of the molecule is COc1nc(N2CCOCC2)sc1/C=C/C(N)=O. The highest BCUT2D eigenvalue weighted by Gasteiger charge is 2.17. The van der Waals surface area contributed by atoms with E-state index in [0.717, 1.165) is 23.1 Å². The van der Waals surface area contributed by atoms with Gasteiger partial charge in [0, 0.05) is 19.2 Å². The molecule has 0 spiro atoms. The van der Waals surface area contributed by atoms with Crippen LogP contribution < -0.4 is 15.4 Å². The van der Waals surface area contributed by atoms with Crippen molar-refractivity contribution in [3.8, 4) is 5.88 Å². The molecule has 2 N–H and O–H groups in total. The fourth-order valence-corrected chi connectivity index (χ4v) is 2.60. The lowest BCUT2D eigenvalue weighted by Gasteiger charge is -2.25. The van der Waals surface area contributed by atoms with Gasteiger partial charge in [-0.3, -0.25) is 4.79 Å². The fraction of sp³-hybridized carbons (Fsp3) is 0.455. The third-order valence-corrected chi connectivity index (χ3v) is 3.55. The van der Waals surface area contributed by atoms with Gasteiger partial charge < -0.3 is 20.1 Å². The first-order valence-electron chi connectivity index (χ1n) is 5.55. The third-order valence-electron chi connectivity index (χ3n) is 2.48. The molecule has 2 rings (SSSR count). The summed E-state index contributed by atoms with van der Waals surface area (Å²) in [6, 6.07) is 0. The monoisotopic (exact) mass is 269 g/mol. The number of ether oxygens (including phenoxy) is 2. The zero-order valence-electron chi connectivity index (χ0n) is 10.1. The average Bonchev–Trinajstić information content (AvgIpc) is 2.80. The Kier molecular flexibility index (Phi) is 4.16. The molecule has 6 nitrogen and oxygen atoms in total. The first kappa shape index (κ1) is 12.8. The molecule has 0 aromatic carbocycles. The number of morpholine rings is 1. The van der Waals surface area contributed by atoms with E-state index in [1.54, 1.807) is 13.2 Å². The van der Waals surface area contributed by atoms with E-state index in [2.05, 4.69) is 9.88 Å². The molecular weight excluding hydrogens is 254 g/mol. The summed E-state index contributed by atoms with van der Waals surface area (Å²) in [5, 5.41) is 0.874. The molecule has 0 aliphatic carbocycles. The van der Waals surface area contributed by atoms with Gasteiger partial charge in [-0.2, -0.15) is 4.98 Å². The van der Waals surface area contributed by atoms with Crippen LogP contribution in [0.2, 0.25) is 0 Å². The minimum Gasteiger partial charge on any atom is -0.480 e. The molecule has 0 unspecified atom stereocenters. The number of carbonyl (C=O) groups excluding carboxylic acids is 1. The standard InChI is InChI=1S/C11H15N3O3S/c1-16-10-8(2-3-9(12)15)18-11(13-10)14-4-6-17-7-5-14/h2-3H,4-7H2,1H3,(H2,12,15)/b3-2+. The predicted octanol–water partition coefficient (Wildman–Crippen LogP) is 0.487. The van der Waals surface area contributed by atoms with Gasteiger partial charge in [0.1, 0.15) is 0 Å². The molecule has 1 aromatic rings. The highest BCUT2D eigenvalue weighted by atomic mass is 32.1. The van der Waals surface area contributed by atoms with Crippen LogP contribution in [0.1, 0.15) is 4.88 Å². The molecule has 0 bridgehead atoms. The molecule has 0 atom stereocenters. The molecule has 18 heavy (non-hydrogen) atoms. The zero-order valence-corrected chi connectivity index (χ0v) is 10.9. The number of methoxy groups -OCH3 is 1. The summed E-state index contributed by atoms with van der Waals surface area (Å²) in [6.07, 6.45) is 2.93. The van der Waals surface area contributed by atoms with E-state index in [-0.39, 0.29) is 0 Å². The Morgan fingerprint density at radius 3 is 2.89 bits per heavy atom. The maximum Gasteiger partial charge on any atom is 0.241 e. The van der Waals surface area contributed by atoms with Crippen LogP contribution in [0.15, 0.2) is 6.08 Å². The van der Waals surface area contributed by atoms with E-state index in [1.165, 1.54) is 17.4 Å². The second-order valence-corrected chi connectivity index (χ2v) is 4.71. The quantitative estimate of drug-likeness (QED) is 0.805. The molecule has 2 heterocycles. The highest BCUT2D eigenvalue weighted by molar-refractivity contribution is 7.16. The summed E-state index contributed by atoms with van der Waals surface area (Å²) in [4.78, 5) is 18.1. The molecule has 0 radical (unpaired) electrons. The third kappa shape index (κ3) is 2.99. The number of rotatable bonds is 4. The fourth-order valence-electron chi connectivity index (χ4n) is 1.61. The van der Waals surface area contributed by atoms with Crippen molar-refractivity contribution < 1.29 is 14.3 Å². The molecule has 1 amide bonds. The summed E-state index contributed by atoms with van der Waals surface area (Å²) in [6.45, 7) is 3.04. The van der Waals surface area contributed by atoms with Crippen molar-refractivity contribution >= 4 is 28.5 Å². The van der Waals surface area contributed by atoms with Gasteiger partial charge in [-0.25, -0.2) is 0 Å². The van der Waals surface area contributed by atoms with E-state index in [9.17, 15) is 4.79 Å². The normalized spacial score (nSPS) is 16.2. The van der Waals surface area contributed by atoms with Crippen molar-refractivity contribution in [2.24, 2.45) is 5.73 Å². The van der Waals surface area contributed by atoms with E-state index < -0.39 is 5.91 Å². The topological polar surface area (TPSA) is 77.7 Å². The van der Waals surface area contributed by atoms with E-state index in [1.807, 2.05) is 0 Å². The Labute approximate surface area is 109 Å². The van der Waals surface area contributed by atoms with Crippen LogP contribution in [0, 0.1) is 0 Å². The molecule has 7 heteroatoms. The van der Waals surface area contributed by atoms with Gasteiger partial charge in [0.15, 0.2) is 5.13 Å². The zero-order chi connectivity index (χ0) is 13.0. The van der Waals surface area contributed by atoms with Crippen LogP contribution in [0.3, 0.4) is 0 Å². The van der Waals surface area contributed by atoms with Gasteiger partial charge in [0.05, 0.1) is 25.2 Å². The lowest BCUT2D eigenvalue weighted by Crippen LogP contribution is -2.36. The van der Waals surface area contributed by atoms with Crippen LogP contribution in [0.5, 0.6) is 5.88 Å². The lowest BCUT2D eigenvalue weighted by atomic mass is 10.4. The summed E-state index contributed by atoms with van der Waals surface area (Å²) >= 11 is 1.47. The molecule has 1 aromatic heterocycles. The minimum absolute atomic E-state index is 0.488. The van der Waals surface area contributed by atoms with Crippen LogP contribution in [0.25, 0.3) is 6.08 Å². The molecule has 1 aliphatic heterocycles. The second-order valence-electron chi connectivity index (χ2n) is 3.71. The maximum atomic E-state index is 10.7. The Bertz CT molecular complexity index is 452. The summed E-state index contributed by atoms with van der Waals surface area (Å²) in [5.74, 6) is 0.0253. The van der Waals surface area contributed by atoms with Crippen LogP contribution in [-0.2, 0) is 9.53 Å². The molecule has 1 saturated heterocycles. The number of amides is 1. The van der Waals surface area contributed by atoms with Gasteiger partial charge in [-0.1, -0.05) is 11.3 Å². The van der Waals surface area contributed by atoms with Crippen LogP contribution in [0.4, 0.5) is 5.13 Å². The Morgan fingerprint density at radius 2 is 2.28 bits per heavy atom. The predicted molar refractivity (Wildman–Crippen MR) is 69.9 cm³/mol. The largest absolute Gasteiger partial charge is 0.480 e. The lowest BCUT2D eigenvalue weighted by molar-refractivity contribution is -0.113. The van der Waals surface area contributed by atoms with Crippen molar-refractivity contribution in [1.29, 1.82) is 0 Å². The Balaban J connectivity index is 2.19. The number of carbonyl (C=O) groups is 1. The summed E-state index contributed by atoms with van der Waals surface area (Å²) in [7, 11) is 1.56. The smallest absolute Gasteiger partial charge is 0.241 e. The Hall–Kier alpha value is -1.60. The number of hydrogen-bond acceptors (Lipinski definition) is 6. The Morgan fingerprint density at radius 1 is 1.56 bits per heavy atom. The van der Waals surface area contributed by atoms with Gasteiger partial charge in [-0.15, -0.1) is 0 Å². The molecule has 1 aliphatic rings. The summed E-state index contributed by atoms with van der Waals surface area (Å²) < 4.78 is 10.5. The van der Waals surface area contributed by atoms with Gasteiger partial charge in [0.25, 0.3) is 0 Å². The number of thiazole rings is 1. The minimum atomic E-state index is -0.488. The highest BCUT2D eigenvalue weighted by Crippen LogP contribution is 2.32. The van der Waals surface area contributed by atoms with Crippen molar-refractivity contribution in [3.63, 3.8) is 0 Å². The summed E-state index contributed by atoms with van der Waals surface area (Å²) in [5.41, 5.74) is 5.07.